The Hall–Kier alpha value is -1.93. The third kappa shape index (κ3) is 3.34. The molecule has 0 N–H and O–H groups in total. The van der Waals surface area contributed by atoms with Crippen LogP contribution in [0.5, 0.6) is 0 Å². The lowest BCUT2D eigenvalue weighted by atomic mass is 10.1. The molecule has 0 radical (unpaired) electrons. The van der Waals surface area contributed by atoms with Gasteiger partial charge in [0, 0.05) is 23.3 Å². The summed E-state index contributed by atoms with van der Waals surface area (Å²) in [6.07, 6.45) is 2.13. The number of aromatic nitrogens is 1. The molecule has 0 spiro atoms. The van der Waals surface area contributed by atoms with Crippen molar-refractivity contribution in [1.29, 1.82) is 0 Å². The summed E-state index contributed by atoms with van der Waals surface area (Å²) in [6.45, 7) is 0.895. The fourth-order valence-electron chi connectivity index (χ4n) is 2.27. The van der Waals surface area contributed by atoms with E-state index in [1.165, 1.54) is 16.8 Å². The Morgan fingerprint density at radius 2 is 1.25 bits per heavy atom. The van der Waals surface area contributed by atoms with E-state index < -0.39 is 0 Å². The van der Waals surface area contributed by atoms with E-state index in [9.17, 15) is 0 Å². The Kier molecular flexibility index (Phi) is 5.08. The molecule has 1 aromatic heterocycles. The van der Waals surface area contributed by atoms with Crippen molar-refractivity contribution in [3.05, 3.63) is 90.6 Å². The van der Waals surface area contributed by atoms with Gasteiger partial charge in [0.1, 0.15) is 0 Å². The van der Waals surface area contributed by atoms with Crippen LogP contribution in [0.4, 0.5) is 0 Å². The summed E-state index contributed by atoms with van der Waals surface area (Å²) in [7, 11) is 0. The number of hydrogen-bond donors (Lipinski definition) is 0. The predicted molar refractivity (Wildman–Crippen MR) is 77.6 cm³/mol. The molecule has 1 heterocycles. The highest BCUT2D eigenvalue weighted by Gasteiger charge is 2.11. The minimum Gasteiger partial charge on any atom is -1.00 e. The zero-order valence-corrected chi connectivity index (χ0v) is 12.7. The number of nitrogens with zero attached hydrogens (tertiary/aromatic N) is 1. The molecule has 0 saturated carbocycles. The third-order valence-electron chi connectivity index (χ3n) is 3.21. The van der Waals surface area contributed by atoms with Gasteiger partial charge in [-0.25, -0.2) is 0 Å². The highest BCUT2D eigenvalue weighted by molar-refractivity contribution is 5.55. The quantitative estimate of drug-likeness (QED) is 0.624. The van der Waals surface area contributed by atoms with Gasteiger partial charge in [-0.2, -0.15) is 4.57 Å². The maximum atomic E-state index is 2.28. The molecule has 0 amide bonds. The first kappa shape index (κ1) is 14.5. The standard InChI is InChI=1S/C18H16N.BrH/c1-3-9-16(10-4-1)15-19-14-8-7-13-18(19)17-11-5-2-6-12-17;/h1-14H,15H2;1H/q+1;/p-1. The van der Waals surface area contributed by atoms with E-state index in [1.54, 1.807) is 0 Å². The molecule has 0 bridgehead atoms. The molecule has 0 aliphatic heterocycles. The van der Waals surface area contributed by atoms with Crippen LogP contribution in [0.2, 0.25) is 0 Å². The van der Waals surface area contributed by atoms with Crippen molar-refractivity contribution in [2.75, 3.05) is 0 Å². The second-order valence-corrected chi connectivity index (χ2v) is 4.57. The lowest BCUT2D eigenvalue weighted by Gasteiger charge is -2.04. The molecule has 3 rings (SSSR count). The zero-order valence-electron chi connectivity index (χ0n) is 11.1. The first-order chi connectivity index (χ1) is 9.43. The predicted octanol–water partition coefficient (Wildman–Crippen LogP) is 0.693. The van der Waals surface area contributed by atoms with Gasteiger partial charge in [-0.15, -0.1) is 0 Å². The van der Waals surface area contributed by atoms with Crippen LogP contribution < -0.4 is 21.5 Å². The van der Waals surface area contributed by atoms with Crippen LogP contribution in [0.25, 0.3) is 11.3 Å². The highest BCUT2D eigenvalue weighted by Crippen LogP contribution is 2.14. The van der Waals surface area contributed by atoms with Gasteiger partial charge in [0.25, 0.3) is 0 Å². The topological polar surface area (TPSA) is 3.88 Å². The van der Waals surface area contributed by atoms with Crippen molar-refractivity contribution < 1.29 is 21.5 Å². The monoisotopic (exact) mass is 325 g/mol. The molecule has 2 aromatic carbocycles. The average molecular weight is 326 g/mol. The van der Waals surface area contributed by atoms with Crippen molar-refractivity contribution in [1.82, 2.24) is 0 Å². The SMILES string of the molecule is [Br-].c1ccc(C[n+]2ccccc2-c2ccccc2)cc1. The van der Waals surface area contributed by atoms with E-state index >= 15 is 0 Å². The molecular formula is C18H16BrN. The van der Waals surface area contributed by atoms with Crippen LogP contribution in [-0.2, 0) is 6.54 Å². The summed E-state index contributed by atoms with van der Waals surface area (Å²) in [6, 6.07) is 27.4. The molecule has 1 nitrogen and oxygen atoms in total. The van der Waals surface area contributed by atoms with E-state index in [0.717, 1.165) is 6.54 Å². The van der Waals surface area contributed by atoms with Crippen molar-refractivity contribution in [2.24, 2.45) is 0 Å². The molecule has 0 atom stereocenters. The second kappa shape index (κ2) is 7.01. The maximum absolute atomic E-state index is 2.28. The number of halogens is 1. The van der Waals surface area contributed by atoms with Gasteiger partial charge in [0.05, 0.1) is 0 Å². The van der Waals surface area contributed by atoms with Crippen molar-refractivity contribution in [3.63, 3.8) is 0 Å². The summed E-state index contributed by atoms with van der Waals surface area (Å²) in [4.78, 5) is 0. The van der Waals surface area contributed by atoms with Crippen LogP contribution >= 0.6 is 0 Å². The van der Waals surface area contributed by atoms with E-state index in [-0.39, 0.29) is 17.0 Å². The molecule has 0 unspecified atom stereocenters. The largest absolute Gasteiger partial charge is 1.00 e. The van der Waals surface area contributed by atoms with Gasteiger partial charge in [-0.3, -0.25) is 0 Å². The van der Waals surface area contributed by atoms with Gasteiger partial charge in [0.2, 0.25) is 5.69 Å². The lowest BCUT2D eigenvalue weighted by Crippen LogP contribution is -3.00. The molecule has 0 fully saturated rings. The summed E-state index contributed by atoms with van der Waals surface area (Å²) < 4.78 is 2.28. The van der Waals surface area contributed by atoms with Gasteiger partial charge >= 0.3 is 0 Å². The number of pyridine rings is 1. The minimum absolute atomic E-state index is 0. The van der Waals surface area contributed by atoms with Crippen molar-refractivity contribution >= 4 is 0 Å². The lowest BCUT2D eigenvalue weighted by molar-refractivity contribution is -0.677. The Bertz CT molecular complexity index is 651. The van der Waals surface area contributed by atoms with Crippen LogP contribution in [0.15, 0.2) is 85.1 Å². The second-order valence-electron chi connectivity index (χ2n) is 4.57. The molecule has 0 saturated heterocycles. The van der Waals surface area contributed by atoms with E-state index in [2.05, 4.69) is 83.6 Å². The van der Waals surface area contributed by atoms with E-state index in [4.69, 9.17) is 0 Å². The molecular weight excluding hydrogens is 310 g/mol. The van der Waals surface area contributed by atoms with Crippen LogP contribution in [0.1, 0.15) is 5.56 Å². The van der Waals surface area contributed by atoms with Gasteiger partial charge in [0.15, 0.2) is 12.7 Å². The van der Waals surface area contributed by atoms with E-state index in [0.29, 0.717) is 0 Å². The fourth-order valence-corrected chi connectivity index (χ4v) is 2.27. The summed E-state index contributed by atoms with van der Waals surface area (Å²) in [5.41, 5.74) is 3.81. The zero-order chi connectivity index (χ0) is 12.9. The minimum atomic E-state index is 0. The van der Waals surface area contributed by atoms with Crippen LogP contribution in [0, 0.1) is 0 Å². The third-order valence-corrected chi connectivity index (χ3v) is 3.21. The highest BCUT2D eigenvalue weighted by atomic mass is 79.9. The Labute approximate surface area is 130 Å². The first-order valence-corrected chi connectivity index (χ1v) is 6.51. The van der Waals surface area contributed by atoms with E-state index in [1.807, 2.05) is 6.07 Å². The average Bonchev–Trinajstić information content (AvgIpc) is 2.50. The number of hydrogen-bond acceptors (Lipinski definition) is 0. The first-order valence-electron chi connectivity index (χ1n) is 6.51. The molecule has 0 aliphatic rings. The smallest absolute Gasteiger partial charge is 0.212 e. The van der Waals surface area contributed by atoms with Crippen molar-refractivity contribution in [3.8, 4) is 11.3 Å². The summed E-state index contributed by atoms with van der Waals surface area (Å²) in [5.74, 6) is 0. The van der Waals surface area contributed by atoms with Gasteiger partial charge < -0.3 is 17.0 Å². The molecule has 0 aliphatic carbocycles. The Morgan fingerprint density at radius 1 is 0.650 bits per heavy atom. The Balaban J connectivity index is 0.00000147. The number of rotatable bonds is 3. The molecule has 2 heteroatoms. The van der Waals surface area contributed by atoms with Crippen LogP contribution in [0.3, 0.4) is 0 Å². The Morgan fingerprint density at radius 3 is 1.95 bits per heavy atom. The van der Waals surface area contributed by atoms with Crippen LogP contribution in [-0.4, -0.2) is 0 Å². The van der Waals surface area contributed by atoms with Gasteiger partial charge in [-0.1, -0.05) is 48.5 Å². The van der Waals surface area contributed by atoms with Gasteiger partial charge in [-0.05, 0) is 18.2 Å². The summed E-state index contributed by atoms with van der Waals surface area (Å²) in [5, 5.41) is 0. The number of benzene rings is 2. The molecule has 100 valence electrons. The summed E-state index contributed by atoms with van der Waals surface area (Å²) >= 11 is 0. The maximum Gasteiger partial charge on any atom is 0.212 e. The molecule has 20 heavy (non-hydrogen) atoms. The normalized spacial score (nSPS) is 9.80. The van der Waals surface area contributed by atoms with Crippen molar-refractivity contribution in [2.45, 2.75) is 6.54 Å². The molecule has 3 aromatic rings. The fraction of sp³-hybridized carbons (Fsp3) is 0.0556.